The Balaban J connectivity index is 1.41. The van der Waals surface area contributed by atoms with Crippen molar-refractivity contribution in [2.75, 3.05) is 5.75 Å². The molecule has 2 amide bonds. The van der Waals surface area contributed by atoms with Gasteiger partial charge in [-0.25, -0.2) is 0 Å². The SMILES string of the molecule is O=C(CSc1nnc(-c2cccnc2)n1Cc1ccco1)NNC(=O)c1ccc(Cl)cc1. The highest BCUT2D eigenvalue weighted by Gasteiger charge is 2.17. The number of hydrazine groups is 1. The average Bonchev–Trinajstić information content (AvgIpc) is 3.47. The number of halogens is 1. The van der Waals surface area contributed by atoms with Crippen LogP contribution in [0.3, 0.4) is 0 Å². The molecule has 4 aromatic rings. The van der Waals surface area contributed by atoms with Crippen LogP contribution in [0.5, 0.6) is 0 Å². The predicted octanol–water partition coefficient (Wildman–Crippen LogP) is 3.19. The molecular formula is C21H17ClN6O3S. The Labute approximate surface area is 192 Å². The Kier molecular flexibility index (Phi) is 6.83. The highest BCUT2D eigenvalue weighted by Crippen LogP contribution is 2.24. The van der Waals surface area contributed by atoms with Crippen LogP contribution in [-0.4, -0.2) is 37.3 Å². The van der Waals surface area contributed by atoms with Crippen LogP contribution in [0, 0.1) is 0 Å². The molecule has 32 heavy (non-hydrogen) atoms. The number of carbonyl (C=O) groups is 2. The largest absolute Gasteiger partial charge is 0.467 e. The summed E-state index contributed by atoms with van der Waals surface area (Å²) in [7, 11) is 0. The molecule has 0 unspecified atom stereocenters. The van der Waals surface area contributed by atoms with Gasteiger partial charge in [0.25, 0.3) is 5.91 Å². The second kappa shape index (κ2) is 10.1. The van der Waals surface area contributed by atoms with E-state index in [9.17, 15) is 9.59 Å². The van der Waals surface area contributed by atoms with E-state index in [1.807, 2.05) is 22.8 Å². The molecule has 4 rings (SSSR count). The van der Waals surface area contributed by atoms with E-state index in [-0.39, 0.29) is 5.75 Å². The lowest BCUT2D eigenvalue weighted by Gasteiger charge is -2.09. The molecule has 2 N–H and O–H groups in total. The van der Waals surface area contributed by atoms with Gasteiger partial charge in [-0.2, -0.15) is 0 Å². The van der Waals surface area contributed by atoms with Gasteiger partial charge in [0.2, 0.25) is 5.91 Å². The number of nitrogens with zero attached hydrogens (tertiary/aromatic N) is 4. The van der Waals surface area contributed by atoms with Crippen molar-refractivity contribution in [3.8, 4) is 11.4 Å². The zero-order valence-electron chi connectivity index (χ0n) is 16.6. The molecule has 0 aliphatic heterocycles. The molecule has 9 nitrogen and oxygen atoms in total. The highest BCUT2D eigenvalue weighted by atomic mass is 35.5. The minimum absolute atomic E-state index is 0.0181. The minimum Gasteiger partial charge on any atom is -0.467 e. The maximum atomic E-state index is 12.3. The Bertz CT molecular complexity index is 1200. The zero-order chi connectivity index (χ0) is 22.3. The van der Waals surface area contributed by atoms with Gasteiger partial charge in [0.05, 0.1) is 18.6 Å². The number of benzene rings is 1. The van der Waals surface area contributed by atoms with Crippen molar-refractivity contribution in [2.45, 2.75) is 11.7 Å². The normalized spacial score (nSPS) is 10.7. The molecule has 11 heteroatoms. The van der Waals surface area contributed by atoms with Crippen LogP contribution in [0.15, 0.2) is 76.8 Å². The van der Waals surface area contributed by atoms with Gasteiger partial charge >= 0.3 is 0 Å². The number of hydrogen-bond acceptors (Lipinski definition) is 7. The molecule has 0 bridgehead atoms. The number of nitrogens with one attached hydrogen (secondary N) is 2. The van der Waals surface area contributed by atoms with E-state index < -0.39 is 11.8 Å². The third-order valence-corrected chi connectivity index (χ3v) is 5.50. The van der Waals surface area contributed by atoms with E-state index in [1.165, 1.54) is 11.8 Å². The van der Waals surface area contributed by atoms with Crippen molar-refractivity contribution >= 4 is 35.2 Å². The van der Waals surface area contributed by atoms with Crippen LogP contribution in [-0.2, 0) is 11.3 Å². The van der Waals surface area contributed by atoms with E-state index in [4.69, 9.17) is 16.0 Å². The first-order valence-corrected chi connectivity index (χ1v) is 10.8. The van der Waals surface area contributed by atoms with Gasteiger partial charge < -0.3 is 4.42 Å². The molecule has 3 heterocycles. The molecule has 0 spiro atoms. The molecule has 0 atom stereocenters. The van der Waals surface area contributed by atoms with E-state index >= 15 is 0 Å². The number of furan rings is 1. The number of hydrogen-bond donors (Lipinski definition) is 2. The van der Waals surface area contributed by atoms with Crippen LogP contribution in [0.25, 0.3) is 11.4 Å². The van der Waals surface area contributed by atoms with Crippen LogP contribution >= 0.6 is 23.4 Å². The number of amides is 2. The van der Waals surface area contributed by atoms with Crippen molar-refractivity contribution in [3.05, 3.63) is 83.5 Å². The molecule has 3 aromatic heterocycles. The second-order valence-corrected chi connectivity index (χ2v) is 7.89. The highest BCUT2D eigenvalue weighted by molar-refractivity contribution is 7.99. The summed E-state index contributed by atoms with van der Waals surface area (Å²) in [6, 6.07) is 13.7. The fourth-order valence-electron chi connectivity index (χ4n) is 2.77. The molecule has 162 valence electrons. The van der Waals surface area contributed by atoms with Crippen molar-refractivity contribution in [2.24, 2.45) is 0 Å². The Hall–Kier alpha value is -3.63. The van der Waals surface area contributed by atoms with Crippen LogP contribution in [0.1, 0.15) is 16.1 Å². The molecule has 0 saturated carbocycles. The first kappa shape index (κ1) is 21.6. The van der Waals surface area contributed by atoms with Gasteiger partial charge in [-0.3, -0.25) is 30.0 Å². The van der Waals surface area contributed by atoms with Gasteiger partial charge in [0, 0.05) is 28.5 Å². The van der Waals surface area contributed by atoms with Crippen molar-refractivity contribution in [1.82, 2.24) is 30.6 Å². The molecule has 0 radical (unpaired) electrons. The second-order valence-electron chi connectivity index (χ2n) is 6.51. The van der Waals surface area contributed by atoms with E-state index in [0.717, 1.165) is 11.3 Å². The molecule has 0 saturated heterocycles. The molecule has 0 fully saturated rings. The van der Waals surface area contributed by atoms with Crippen molar-refractivity contribution < 1.29 is 14.0 Å². The molecule has 0 aliphatic carbocycles. The smallest absolute Gasteiger partial charge is 0.269 e. The van der Waals surface area contributed by atoms with Gasteiger partial charge in [0.1, 0.15) is 5.76 Å². The quantitative estimate of drug-likeness (QED) is 0.316. The lowest BCUT2D eigenvalue weighted by Crippen LogP contribution is -2.42. The monoisotopic (exact) mass is 468 g/mol. The van der Waals surface area contributed by atoms with E-state index in [1.54, 1.807) is 49.0 Å². The summed E-state index contributed by atoms with van der Waals surface area (Å²) in [6.07, 6.45) is 4.96. The Morgan fingerprint density at radius 2 is 1.91 bits per heavy atom. The summed E-state index contributed by atoms with van der Waals surface area (Å²) in [5.41, 5.74) is 5.93. The number of pyridine rings is 1. The van der Waals surface area contributed by atoms with E-state index in [0.29, 0.717) is 28.1 Å². The van der Waals surface area contributed by atoms with Crippen molar-refractivity contribution in [3.63, 3.8) is 0 Å². The van der Waals surface area contributed by atoms with Gasteiger partial charge in [-0.05, 0) is 48.5 Å². The average molecular weight is 469 g/mol. The van der Waals surface area contributed by atoms with Crippen LogP contribution in [0.4, 0.5) is 0 Å². The molecule has 0 aliphatic rings. The minimum atomic E-state index is -0.445. The standard InChI is InChI=1S/C21H17ClN6O3S/c22-16-7-5-14(6-8-16)20(30)26-24-18(29)13-32-21-27-25-19(15-3-1-9-23-11-15)28(21)12-17-4-2-10-31-17/h1-11H,12-13H2,(H,24,29)(H,26,30). The molecule has 1 aromatic carbocycles. The van der Waals surface area contributed by atoms with E-state index in [2.05, 4.69) is 26.0 Å². The zero-order valence-corrected chi connectivity index (χ0v) is 18.1. The number of carbonyl (C=O) groups excluding carboxylic acids is 2. The summed E-state index contributed by atoms with van der Waals surface area (Å²) in [5, 5.41) is 9.53. The number of rotatable bonds is 7. The summed E-state index contributed by atoms with van der Waals surface area (Å²) in [4.78, 5) is 28.5. The fraction of sp³-hybridized carbons (Fsp3) is 0.0952. The summed E-state index contributed by atoms with van der Waals surface area (Å²) >= 11 is 7.00. The lowest BCUT2D eigenvalue weighted by atomic mass is 10.2. The third kappa shape index (κ3) is 5.34. The van der Waals surface area contributed by atoms with Crippen LogP contribution < -0.4 is 10.9 Å². The fourth-order valence-corrected chi connectivity index (χ4v) is 3.63. The number of thioether (sulfide) groups is 1. The van der Waals surface area contributed by atoms with Gasteiger partial charge in [-0.1, -0.05) is 23.4 Å². The van der Waals surface area contributed by atoms with Gasteiger partial charge in [-0.15, -0.1) is 10.2 Å². The predicted molar refractivity (Wildman–Crippen MR) is 119 cm³/mol. The Morgan fingerprint density at radius 3 is 2.62 bits per heavy atom. The van der Waals surface area contributed by atoms with Crippen molar-refractivity contribution in [1.29, 1.82) is 0 Å². The maximum absolute atomic E-state index is 12.3. The first-order valence-electron chi connectivity index (χ1n) is 9.43. The van der Waals surface area contributed by atoms with Crippen LogP contribution in [0.2, 0.25) is 5.02 Å². The number of aromatic nitrogens is 4. The Morgan fingerprint density at radius 1 is 1.06 bits per heavy atom. The summed E-state index contributed by atoms with van der Waals surface area (Å²) in [5.74, 6) is 0.502. The molecular weight excluding hydrogens is 452 g/mol. The summed E-state index contributed by atoms with van der Waals surface area (Å²) in [6.45, 7) is 0.390. The third-order valence-electron chi connectivity index (χ3n) is 4.28. The van der Waals surface area contributed by atoms with Gasteiger partial charge in [0.15, 0.2) is 11.0 Å². The topological polar surface area (TPSA) is 115 Å². The first-order chi connectivity index (χ1) is 15.6. The summed E-state index contributed by atoms with van der Waals surface area (Å²) < 4.78 is 7.30. The maximum Gasteiger partial charge on any atom is 0.269 e. The lowest BCUT2D eigenvalue weighted by molar-refractivity contribution is -0.119.